The predicted molar refractivity (Wildman–Crippen MR) is 62.5 cm³/mol. The molecule has 0 spiro atoms. The number of carbonyl (C=O) groups excluding carboxylic acids is 1. The van der Waals surface area contributed by atoms with Gasteiger partial charge in [0, 0.05) is 12.7 Å². The number of carbonyl (C=O) groups is 1. The lowest BCUT2D eigenvalue weighted by Crippen LogP contribution is -2.25. The molecule has 4 heteroatoms. The van der Waals surface area contributed by atoms with Crippen LogP contribution in [-0.2, 0) is 0 Å². The lowest BCUT2D eigenvalue weighted by Gasteiger charge is -2.02. The third-order valence-electron chi connectivity index (χ3n) is 2.33. The van der Waals surface area contributed by atoms with Crippen LogP contribution in [0.4, 0.5) is 0 Å². The first-order valence-corrected chi connectivity index (χ1v) is 5.07. The molecule has 0 aliphatic heterocycles. The molecule has 0 atom stereocenters. The van der Waals surface area contributed by atoms with E-state index in [9.17, 15) is 4.79 Å². The van der Waals surface area contributed by atoms with Gasteiger partial charge in [-0.2, -0.15) is 0 Å². The molecule has 1 N–H and O–H groups in total. The summed E-state index contributed by atoms with van der Waals surface area (Å²) in [7, 11) is 0. The molecule has 0 radical (unpaired) electrons. The highest BCUT2D eigenvalue weighted by molar-refractivity contribution is 5.94. The summed E-state index contributed by atoms with van der Waals surface area (Å²) in [5.74, 6) is -0.129. The summed E-state index contributed by atoms with van der Waals surface area (Å²) in [6.07, 6.45) is 3.48. The van der Waals surface area contributed by atoms with Crippen LogP contribution < -0.4 is 5.32 Å². The Balaban J connectivity index is 2.46. The maximum atomic E-state index is 11.9. The van der Waals surface area contributed by atoms with Crippen molar-refractivity contribution in [3.63, 3.8) is 0 Å². The van der Waals surface area contributed by atoms with Gasteiger partial charge in [0.05, 0.1) is 5.69 Å². The Morgan fingerprint density at radius 2 is 2.44 bits per heavy atom. The van der Waals surface area contributed by atoms with Crippen LogP contribution in [-0.4, -0.2) is 21.8 Å². The largest absolute Gasteiger partial charge is 0.347 e. The Hall–Kier alpha value is -2.10. The van der Waals surface area contributed by atoms with Crippen molar-refractivity contribution in [2.45, 2.75) is 6.92 Å². The molecular weight excluding hydrogens is 202 g/mol. The number of imidazole rings is 1. The van der Waals surface area contributed by atoms with Gasteiger partial charge in [0.15, 0.2) is 0 Å². The number of nitrogens with one attached hydrogen (secondary N) is 1. The monoisotopic (exact) mass is 215 g/mol. The quantitative estimate of drug-likeness (QED) is 0.790. The highest BCUT2D eigenvalue weighted by atomic mass is 16.1. The summed E-state index contributed by atoms with van der Waals surface area (Å²) in [6.45, 7) is 5.85. The van der Waals surface area contributed by atoms with E-state index in [1.54, 1.807) is 10.5 Å². The fourth-order valence-corrected chi connectivity index (χ4v) is 1.64. The normalized spacial score (nSPS) is 10.3. The zero-order chi connectivity index (χ0) is 11.5. The van der Waals surface area contributed by atoms with Crippen molar-refractivity contribution in [3.05, 3.63) is 48.4 Å². The number of amides is 1. The Morgan fingerprint density at radius 1 is 1.62 bits per heavy atom. The van der Waals surface area contributed by atoms with Crippen LogP contribution in [0, 0.1) is 6.92 Å². The Kier molecular flexibility index (Phi) is 2.72. The molecule has 82 valence electrons. The molecule has 0 fully saturated rings. The number of fused-ring (bicyclic) bond motifs is 1. The van der Waals surface area contributed by atoms with E-state index in [0.29, 0.717) is 12.2 Å². The first kappa shape index (κ1) is 10.4. The topological polar surface area (TPSA) is 46.4 Å². The summed E-state index contributed by atoms with van der Waals surface area (Å²) >= 11 is 0. The summed E-state index contributed by atoms with van der Waals surface area (Å²) in [5, 5.41) is 2.75. The molecule has 2 aromatic heterocycles. The van der Waals surface area contributed by atoms with Crippen molar-refractivity contribution in [1.82, 2.24) is 14.7 Å². The first-order valence-electron chi connectivity index (χ1n) is 5.07. The molecule has 0 saturated carbocycles. The SMILES string of the molecule is C=CCNC(=O)c1c(C)nc2ccccn12. The minimum atomic E-state index is -0.129. The molecule has 1 amide bonds. The highest BCUT2D eigenvalue weighted by Crippen LogP contribution is 2.11. The second kappa shape index (κ2) is 4.18. The van der Waals surface area contributed by atoms with Gasteiger partial charge >= 0.3 is 0 Å². The number of hydrogen-bond donors (Lipinski definition) is 1. The minimum Gasteiger partial charge on any atom is -0.347 e. The molecule has 4 nitrogen and oxygen atoms in total. The maximum absolute atomic E-state index is 11.9. The number of aromatic nitrogens is 2. The van der Waals surface area contributed by atoms with E-state index >= 15 is 0 Å². The van der Waals surface area contributed by atoms with Crippen LogP contribution in [0.5, 0.6) is 0 Å². The smallest absolute Gasteiger partial charge is 0.270 e. The average molecular weight is 215 g/mol. The van der Waals surface area contributed by atoms with Gasteiger partial charge in [-0.3, -0.25) is 9.20 Å². The number of nitrogens with zero attached hydrogens (tertiary/aromatic N) is 2. The summed E-state index contributed by atoms with van der Waals surface area (Å²) in [6, 6.07) is 5.64. The predicted octanol–water partition coefficient (Wildman–Crippen LogP) is 1.56. The number of aryl methyl sites for hydroxylation is 1. The van der Waals surface area contributed by atoms with Crippen molar-refractivity contribution in [2.24, 2.45) is 0 Å². The van der Waals surface area contributed by atoms with E-state index in [2.05, 4.69) is 16.9 Å². The van der Waals surface area contributed by atoms with Gasteiger partial charge in [0.1, 0.15) is 11.3 Å². The molecule has 0 aromatic carbocycles. The van der Waals surface area contributed by atoms with E-state index in [4.69, 9.17) is 0 Å². The molecule has 2 aromatic rings. The van der Waals surface area contributed by atoms with Crippen LogP contribution in [0.2, 0.25) is 0 Å². The van der Waals surface area contributed by atoms with Crippen molar-refractivity contribution in [2.75, 3.05) is 6.54 Å². The van der Waals surface area contributed by atoms with E-state index < -0.39 is 0 Å². The third kappa shape index (κ3) is 1.69. The van der Waals surface area contributed by atoms with Gasteiger partial charge in [-0.25, -0.2) is 4.98 Å². The summed E-state index contributed by atoms with van der Waals surface area (Å²) in [4.78, 5) is 16.2. The Morgan fingerprint density at radius 3 is 3.19 bits per heavy atom. The Labute approximate surface area is 93.6 Å². The number of pyridine rings is 1. The Bertz CT molecular complexity index is 542. The zero-order valence-corrected chi connectivity index (χ0v) is 9.10. The fraction of sp³-hybridized carbons (Fsp3) is 0.167. The first-order chi connectivity index (χ1) is 7.74. The molecule has 0 aliphatic carbocycles. The van der Waals surface area contributed by atoms with E-state index in [1.807, 2.05) is 31.3 Å². The third-order valence-corrected chi connectivity index (χ3v) is 2.33. The van der Waals surface area contributed by atoms with E-state index in [0.717, 1.165) is 11.3 Å². The fourth-order valence-electron chi connectivity index (χ4n) is 1.64. The molecule has 0 aliphatic rings. The van der Waals surface area contributed by atoms with Crippen LogP contribution in [0.15, 0.2) is 37.1 Å². The van der Waals surface area contributed by atoms with Crippen LogP contribution in [0.1, 0.15) is 16.2 Å². The van der Waals surface area contributed by atoms with E-state index in [-0.39, 0.29) is 5.91 Å². The van der Waals surface area contributed by atoms with Crippen LogP contribution in [0.3, 0.4) is 0 Å². The van der Waals surface area contributed by atoms with Gasteiger partial charge in [-0.1, -0.05) is 12.1 Å². The van der Waals surface area contributed by atoms with Gasteiger partial charge in [-0.05, 0) is 19.1 Å². The lowest BCUT2D eigenvalue weighted by atomic mass is 10.3. The molecule has 0 unspecified atom stereocenters. The van der Waals surface area contributed by atoms with Crippen LogP contribution in [0.25, 0.3) is 5.65 Å². The maximum Gasteiger partial charge on any atom is 0.270 e. The van der Waals surface area contributed by atoms with Gasteiger partial charge in [-0.15, -0.1) is 6.58 Å². The number of rotatable bonds is 3. The summed E-state index contributed by atoms with van der Waals surface area (Å²) < 4.78 is 1.79. The summed E-state index contributed by atoms with van der Waals surface area (Å²) in [5.41, 5.74) is 2.09. The molecule has 2 rings (SSSR count). The van der Waals surface area contributed by atoms with Crippen molar-refractivity contribution < 1.29 is 4.79 Å². The molecule has 16 heavy (non-hydrogen) atoms. The number of hydrogen-bond acceptors (Lipinski definition) is 2. The van der Waals surface area contributed by atoms with Crippen LogP contribution >= 0.6 is 0 Å². The van der Waals surface area contributed by atoms with Crippen molar-refractivity contribution in [3.8, 4) is 0 Å². The molecule has 2 heterocycles. The highest BCUT2D eigenvalue weighted by Gasteiger charge is 2.14. The standard InChI is InChI=1S/C12H13N3O/c1-3-7-13-12(16)11-9(2)14-10-6-4-5-8-15(10)11/h3-6,8H,1,7H2,2H3,(H,13,16). The second-order valence-electron chi connectivity index (χ2n) is 3.47. The molecule has 0 saturated heterocycles. The van der Waals surface area contributed by atoms with Gasteiger partial charge < -0.3 is 5.32 Å². The van der Waals surface area contributed by atoms with Gasteiger partial charge in [0.2, 0.25) is 0 Å². The molecule has 0 bridgehead atoms. The second-order valence-corrected chi connectivity index (χ2v) is 3.47. The zero-order valence-electron chi connectivity index (χ0n) is 9.10. The van der Waals surface area contributed by atoms with E-state index in [1.165, 1.54) is 0 Å². The lowest BCUT2D eigenvalue weighted by molar-refractivity contribution is 0.0951. The van der Waals surface area contributed by atoms with Gasteiger partial charge in [0.25, 0.3) is 5.91 Å². The molecular formula is C12H13N3O. The minimum absolute atomic E-state index is 0.129. The van der Waals surface area contributed by atoms with Crippen molar-refractivity contribution in [1.29, 1.82) is 0 Å². The van der Waals surface area contributed by atoms with Crippen molar-refractivity contribution >= 4 is 11.6 Å². The average Bonchev–Trinajstić information content (AvgIpc) is 2.62.